The fourth-order valence-corrected chi connectivity index (χ4v) is 2.00. The van der Waals surface area contributed by atoms with Crippen molar-refractivity contribution >= 4 is 0 Å². The number of rotatable bonds is 5. The van der Waals surface area contributed by atoms with Gasteiger partial charge in [0, 0.05) is 19.4 Å². The van der Waals surface area contributed by atoms with Crippen molar-refractivity contribution < 1.29 is 9.15 Å². The predicted octanol–water partition coefficient (Wildman–Crippen LogP) is 1.68. The molecule has 0 spiro atoms. The van der Waals surface area contributed by atoms with Gasteiger partial charge in [-0.15, -0.1) is 0 Å². The van der Waals surface area contributed by atoms with Crippen LogP contribution in [0.5, 0.6) is 0 Å². The van der Waals surface area contributed by atoms with Crippen LogP contribution in [-0.4, -0.2) is 24.2 Å². The number of hydrogen-bond acceptors (Lipinski definition) is 4. The minimum Gasteiger partial charge on any atom is -0.446 e. The maximum absolute atomic E-state index is 5.66. The molecule has 90 valence electrons. The maximum Gasteiger partial charge on any atom is 0.194 e. The molecule has 1 atom stereocenters. The van der Waals surface area contributed by atoms with E-state index in [0.29, 0.717) is 12.6 Å². The molecule has 1 saturated heterocycles. The first-order valence-electron chi connectivity index (χ1n) is 6.13. The van der Waals surface area contributed by atoms with E-state index in [1.807, 2.05) is 6.20 Å². The van der Waals surface area contributed by atoms with Crippen molar-refractivity contribution in [1.82, 2.24) is 4.98 Å². The third-order valence-electron chi connectivity index (χ3n) is 2.90. The Bertz CT molecular complexity index is 306. The minimum atomic E-state index is 0.323. The Morgan fingerprint density at radius 2 is 2.38 bits per heavy atom. The fraction of sp³-hybridized carbons (Fsp3) is 0.750. The largest absolute Gasteiger partial charge is 0.446 e. The van der Waals surface area contributed by atoms with Gasteiger partial charge in [-0.05, 0) is 32.2 Å². The number of ether oxygens (including phenoxy) is 1. The third kappa shape index (κ3) is 3.32. The molecule has 0 amide bonds. The first-order valence-corrected chi connectivity index (χ1v) is 6.13. The highest BCUT2D eigenvalue weighted by Gasteiger charge is 2.16. The average molecular weight is 224 g/mol. The molecule has 0 aliphatic carbocycles. The minimum absolute atomic E-state index is 0.323. The Morgan fingerprint density at radius 3 is 3.12 bits per heavy atom. The lowest BCUT2D eigenvalue weighted by molar-refractivity contribution is 0.0138. The number of aryl methyl sites for hydroxylation is 1. The SMILES string of the molecule is NCCCc1ncc(CC2CCCCO2)o1. The summed E-state index contributed by atoms with van der Waals surface area (Å²) >= 11 is 0. The molecule has 1 unspecified atom stereocenters. The summed E-state index contributed by atoms with van der Waals surface area (Å²) in [6.45, 7) is 1.57. The first-order chi connectivity index (χ1) is 7.88. The predicted molar refractivity (Wildman–Crippen MR) is 61.2 cm³/mol. The Balaban J connectivity index is 1.81. The van der Waals surface area contributed by atoms with Gasteiger partial charge in [-0.1, -0.05) is 0 Å². The van der Waals surface area contributed by atoms with E-state index in [0.717, 1.165) is 43.9 Å². The second-order valence-corrected chi connectivity index (χ2v) is 4.31. The molecule has 2 rings (SSSR count). The van der Waals surface area contributed by atoms with Crippen molar-refractivity contribution in [2.75, 3.05) is 13.2 Å². The van der Waals surface area contributed by atoms with Gasteiger partial charge in [0.2, 0.25) is 0 Å². The molecule has 1 fully saturated rings. The average Bonchev–Trinajstić information content (AvgIpc) is 2.75. The zero-order valence-corrected chi connectivity index (χ0v) is 9.65. The quantitative estimate of drug-likeness (QED) is 0.826. The number of aromatic nitrogens is 1. The topological polar surface area (TPSA) is 61.3 Å². The highest BCUT2D eigenvalue weighted by molar-refractivity contribution is 4.96. The van der Waals surface area contributed by atoms with Crippen LogP contribution in [-0.2, 0) is 17.6 Å². The van der Waals surface area contributed by atoms with Gasteiger partial charge < -0.3 is 14.9 Å². The molecule has 2 heterocycles. The van der Waals surface area contributed by atoms with Crippen LogP contribution in [0.1, 0.15) is 37.3 Å². The molecular formula is C12H20N2O2. The van der Waals surface area contributed by atoms with E-state index in [2.05, 4.69) is 4.98 Å². The smallest absolute Gasteiger partial charge is 0.194 e. The van der Waals surface area contributed by atoms with Crippen molar-refractivity contribution in [3.8, 4) is 0 Å². The lowest BCUT2D eigenvalue weighted by Gasteiger charge is -2.21. The van der Waals surface area contributed by atoms with Crippen LogP contribution in [0.25, 0.3) is 0 Å². The monoisotopic (exact) mass is 224 g/mol. The van der Waals surface area contributed by atoms with Crippen molar-refractivity contribution in [1.29, 1.82) is 0 Å². The Kier molecular flexibility index (Phi) is 4.36. The number of nitrogens with zero attached hydrogens (tertiary/aromatic N) is 1. The van der Waals surface area contributed by atoms with Gasteiger partial charge >= 0.3 is 0 Å². The van der Waals surface area contributed by atoms with Crippen molar-refractivity contribution in [3.05, 3.63) is 17.8 Å². The zero-order chi connectivity index (χ0) is 11.2. The summed E-state index contributed by atoms with van der Waals surface area (Å²) in [6, 6.07) is 0. The third-order valence-corrected chi connectivity index (χ3v) is 2.90. The van der Waals surface area contributed by atoms with E-state index in [-0.39, 0.29) is 0 Å². The highest BCUT2D eigenvalue weighted by Crippen LogP contribution is 2.18. The van der Waals surface area contributed by atoms with Gasteiger partial charge in [-0.25, -0.2) is 4.98 Å². The summed E-state index contributed by atoms with van der Waals surface area (Å²) in [6.07, 6.45) is 8.36. The molecule has 1 aromatic rings. The lowest BCUT2D eigenvalue weighted by Crippen LogP contribution is -2.21. The van der Waals surface area contributed by atoms with Gasteiger partial charge in [0.15, 0.2) is 5.89 Å². The Labute approximate surface area is 96.2 Å². The maximum atomic E-state index is 5.66. The van der Waals surface area contributed by atoms with E-state index in [1.165, 1.54) is 12.8 Å². The van der Waals surface area contributed by atoms with E-state index < -0.39 is 0 Å². The van der Waals surface area contributed by atoms with Crippen LogP contribution in [0.3, 0.4) is 0 Å². The van der Waals surface area contributed by atoms with Gasteiger partial charge in [-0.3, -0.25) is 0 Å². The summed E-state index contributed by atoms with van der Waals surface area (Å²) in [7, 11) is 0. The number of nitrogens with two attached hydrogens (primary N) is 1. The number of hydrogen-bond donors (Lipinski definition) is 1. The summed E-state index contributed by atoms with van der Waals surface area (Å²) in [5.41, 5.74) is 5.44. The van der Waals surface area contributed by atoms with Gasteiger partial charge in [-0.2, -0.15) is 0 Å². The van der Waals surface area contributed by atoms with E-state index >= 15 is 0 Å². The van der Waals surface area contributed by atoms with Crippen LogP contribution in [0, 0.1) is 0 Å². The Morgan fingerprint density at radius 1 is 1.44 bits per heavy atom. The van der Waals surface area contributed by atoms with E-state index in [4.69, 9.17) is 14.9 Å². The summed E-state index contributed by atoms with van der Waals surface area (Å²) in [5.74, 6) is 1.75. The van der Waals surface area contributed by atoms with Crippen molar-refractivity contribution in [3.63, 3.8) is 0 Å². The van der Waals surface area contributed by atoms with Crippen LogP contribution in [0.2, 0.25) is 0 Å². The van der Waals surface area contributed by atoms with Crippen LogP contribution >= 0.6 is 0 Å². The summed E-state index contributed by atoms with van der Waals surface area (Å²) in [5, 5.41) is 0. The normalized spacial score (nSPS) is 21.2. The second-order valence-electron chi connectivity index (χ2n) is 4.31. The van der Waals surface area contributed by atoms with Crippen molar-refractivity contribution in [2.45, 2.75) is 44.6 Å². The summed E-state index contributed by atoms with van der Waals surface area (Å²) in [4.78, 5) is 4.24. The molecule has 1 aliphatic heterocycles. The zero-order valence-electron chi connectivity index (χ0n) is 9.65. The van der Waals surface area contributed by atoms with Crippen LogP contribution < -0.4 is 5.73 Å². The number of oxazole rings is 1. The fourth-order valence-electron chi connectivity index (χ4n) is 2.00. The standard InChI is InChI=1S/C12H20N2O2/c13-6-3-5-12-14-9-11(16-12)8-10-4-1-2-7-15-10/h9-10H,1-8,13H2. The molecule has 16 heavy (non-hydrogen) atoms. The second kappa shape index (κ2) is 6.01. The van der Waals surface area contributed by atoms with Crippen molar-refractivity contribution in [2.24, 2.45) is 5.73 Å². The van der Waals surface area contributed by atoms with Crippen LogP contribution in [0.4, 0.5) is 0 Å². The highest BCUT2D eigenvalue weighted by atomic mass is 16.5. The molecule has 0 bridgehead atoms. The van der Waals surface area contributed by atoms with Gasteiger partial charge in [0.05, 0.1) is 12.3 Å². The molecule has 1 aliphatic rings. The molecule has 2 N–H and O–H groups in total. The van der Waals surface area contributed by atoms with Crippen LogP contribution in [0.15, 0.2) is 10.6 Å². The van der Waals surface area contributed by atoms with Gasteiger partial charge in [0.1, 0.15) is 5.76 Å². The molecule has 1 aromatic heterocycles. The lowest BCUT2D eigenvalue weighted by atomic mass is 10.1. The van der Waals surface area contributed by atoms with Gasteiger partial charge in [0.25, 0.3) is 0 Å². The molecule has 0 saturated carbocycles. The molecule has 4 heteroatoms. The molecular weight excluding hydrogens is 204 g/mol. The van der Waals surface area contributed by atoms with E-state index in [1.54, 1.807) is 0 Å². The first kappa shape index (κ1) is 11.6. The van der Waals surface area contributed by atoms with E-state index in [9.17, 15) is 0 Å². The molecule has 0 aromatic carbocycles. The molecule has 0 radical (unpaired) electrons. The Hall–Kier alpha value is -0.870. The summed E-state index contributed by atoms with van der Waals surface area (Å²) < 4.78 is 11.3. The molecule has 4 nitrogen and oxygen atoms in total.